The summed E-state index contributed by atoms with van der Waals surface area (Å²) in [6.07, 6.45) is 2.33. The van der Waals surface area contributed by atoms with Crippen LogP contribution in [0, 0.1) is 0 Å². The minimum absolute atomic E-state index is 0.761. The highest BCUT2D eigenvalue weighted by Gasteiger charge is 2.14. The van der Waals surface area contributed by atoms with Crippen LogP contribution in [-0.2, 0) is 5.33 Å². The van der Waals surface area contributed by atoms with Crippen LogP contribution in [-0.4, -0.2) is 6.54 Å². The Bertz CT molecular complexity index is 542. The molecular formula is C17H19BrClN. The van der Waals surface area contributed by atoms with E-state index in [0.717, 1.165) is 28.9 Å². The summed E-state index contributed by atoms with van der Waals surface area (Å²) in [6, 6.07) is 16.6. The van der Waals surface area contributed by atoms with E-state index in [1.165, 1.54) is 17.8 Å². The minimum Gasteiger partial charge on any atom is -0.341 e. The number of nitrogens with zero attached hydrogens (tertiary/aromatic N) is 1. The predicted molar refractivity (Wildman–Crippen MR) is 92.4 cm³/mol. The van der Waals surface area contributed by atoms with E-state index in [1.807, 2.05) is 18.2 Å². The van der Waals surface area contributed by atoms with Gasteiger partial charge in [0.1, 0.15) is 0 Å². The predicted octanol–water partition coefficient (Wildman–Crippen LogP) is 6.17. The molecule has 0 heterocycles. The van der Waals surface area contributed by atoms with E-state index in [1.54, 1.807) is 0 Å². The van der Waals surface area contributed by atoms with Crippen LogP contribution in [0.4, 0.5) is 11.4 Å². The number of unbranched alkanes of at least 4 members (excludes halogenated alkanes) is 1. The maximum absolute atomic E-state index is 6.34. The van der Waals surface area contributed by atoms with Gasteiger partial charge in [-0.1, -0.05) is 65.1 Å². The number of hydrogen-bond donors (Lipinski definition) is 0. The normalized spacial score (nSPS) is 10.6. The molecule has 0 spiro atoms. The van der Waals surface area contributed by atoms with E-state index in [2.05, 4.69) is 58.1 Å². The monoisotopic (exact) mass is 351 g/mol. The van der Waals surface area contributed by atoms with Crippen molar-refractivity contribution in [2.45, 2.75) is 25.1 Å². The van der Waals surface area contributed by atoms with Crippen LogP contribution in [0.25, 0.3) is 0 Å². The third-order valence-electron chi connectivity index (χ3n) is 3.32. The van der Waals surface area contributed by atoms with E-state index in [0.29, 0.717) is 0 Å². The van der Waals surface area contributed by atoms with Crippen LogP contribution in [0.2, 0.25) is 5.02 Å². The van der Waals surface area contributed by atoms with Gasteiger partial charge in [0.2, 0.25) is 0 Å². The molecule has 0 unspecified atom stereocenters. The molecule has 0 atom stereocenters. The number of para-hydroxylation sites is 1. The molecule has 0 saturated carbocycles. The van der Waals surface area contributed by atoms with E-state index >= 15 is 0 Å². The molecule has 0 saturated heterocycles. The SMILES string of the molecule is CCCCN(c1ccccc1)c1cccc(Cl)c1CBr. The van der Waals surface area contributed by atoms with Crippen molar-refractivity contribution < 1.29 is 0 Å². The van der Waals surface area contributed by atoms with Gasteiger partial charge < -0.3 is 4.90 Å². The summed E-state index contributed by atoms with van der Waals surface area (Å²) < 4.78 is 0. The maximum Gasteiger partial charge on any atom is 0.0467 e. The molecule has 0 bridgehead atoms. The third kappa shape index (κ3) is 3.56. The van der Waals surface area contributed by atoms with Gasteiger partial charge in [0, 0.05) is 33.8 Å². The Kier molecular flexibility index (Phi) is 5.93. The molecule has 0 fully saturated rings. The van der Waals surface area contributed by atoms with Gasteiger partial charge in [-0.3, -0.25) is 0 Å². The molecule has 2 aromatic rings. The Morgan fingerprint density at radius 2 is 1.80 bits per heavy atom. The summed E-state index contributed by atoms with van der Waals surface area (Å²) in [5.41, 5.74) is 3.55. The van der Waals surface area contributed by atoms with Gasteiger partial charge in [-0.2, -0.15) is 0 Å². The van der Waals surface area contributed by atoms with Gasteiger partial charge in [-0.25, -0.2) is 0 Å². The fraction of sp³-hybridized carbons (Fsp3) is 0.294. The van der Waals surface area contributed by atoms with Crippen LogP contribution in [0.15, 0.2) is 48.5 Å². The minimum atomic E-state index is 0.761. The molecule has 2 aromatic carbocycles. The highest BCUT2D eigenvalue weighted by molar-refractivity contribution is 9.08. The topological polar surface area (TPSA) is 3.24 Å². The van der Waals surface area contributed by atoms with Crippen molar-refractivity contribution in [2.75, 3.05) is 11.4 Å². The first-order valence-corrected chi connectivity index (χ1v) is 8.43. The van der Waals surface area contributed by atoms with Crippen molar-refractivity contribution in [2.24, 2.45) is 0 Å². The first-order valence-electron chi connectivity index (χ1n) is 6.94. The molecule has 0 N–H and O–H groups in total. The van der Waals surface area contributed by atoms with Crippen LogP contribution in [0.1, 0.15) is 25.3 Å². The number of anilines is 2. The highest BCUT2D eigenvalue weighted by atomic mass is 79.9. The number of benzene rings is 2. The molecule has 1 nitrogen and oxygen atoms in total. The van der Waals surface area contributed by atoms with Crippen molar-refractivity contribution in [3.8, 4) is 0 Å². The Hall–Kier alpha value is -0.990. The standard InChI is InChI=1S/C17H19BrClN/c1-2-3-12-20(14-8-5-4-6-9-14)17-11-7-10-16(19)15(17)13-18/h4-11H,2-3,12-13H2,1H3. The number of rotatable bonds is 6. The first-order chi connectivity index (χ1) is 9.77. The lowest BCUT2D eigenvalue weighted by atomic mass is 10.1. The van der Waals surface area contributed by atoms with Gasteiger partial charge in [-0.05, 0) is 30.7 Å². The second-order valence-electron chi connectivity index (χ2n) is 4.71. The molecule has 0 aliphatic heterocycles. The van der Waals surface area contributed by atoms with Gasteiger partial charge in [-0.15, -0.1) is 0 Å². The summed E-state index contributed by atoms with van der Waals surface area (Å²) in [6.45, 7) is 3.22. The summed E-state index contributed by atoms with van der Waals surface area (Å²) in [4.78, 5) is 2.35. The van der Waals surface area contributed by atoms with Crippen LogP contribution in [0.5, 0.6) is 0 Å². The Labute approximate surface area is 134 Å². The van der Waals surface area contributed by atoms with Crippen LogP contribution >= 0.6 is 27.5 Å². The Morgan fingerprint density at radius 3 is 2.45 bits per heavy atom. The smallest absolute Gasteiger partial charge is 0.0467 e. The van der Waals surface area contributed by atoms with Crippen molar-refractivity contribution >= 4 is 38.9 Å². The molecule has 0 aromatic heterocycles. The number of alkyl halides is 1. The lowest BCUT2D eigenvalue weighted by molar-refractivity contribution is 0.784. The third-order valence-corrected chi connectivity index (χ3v) is 4.24. The maximum atomic E-state index is 6.34. The van der Waals surface area contributed by atoms with E-state index < -0.39 is 0 Å². The number of hydrogen-bond acceptors (Lipinski definition) is 1. The summed E-state index contributed by atoms with van der Waals surface area (Å²) in [5.74, 6) is 0. The summed E-state index contributed by atoms with van der Waals surface area (Å²) in [7, 11) is 0. The van der Waals surface area contributed by atoms with Gasteiger partial charge in [0.25, 0.3) is 0 Å². The van der Waals surface area contributed by atoms with Gasteiger partial charge in [0.15, 0.2) is 0 Å². The second-order valence-corrected chi connectivity index (χ2v) is 5.68. The summed E-state index contributed by atoms with van der Waals surface area (Å²) in [5, 5.41) is 1.58. The van der Waals surface area contributed by atoms with Gasteiger partial charge in [0.05, 0.1) is 0 Å². The zero-order chi connectivity index (χ0) is 14.4. The average Bonchev–Trinajstić information content (AvgIpc) is 2.49. The molecule has 0 aliphatic carbocycles. The fourth-order valence-electron chi connectivity index (χ4n) is 2.25. The quantitative estimate of drug-likeness (QED) is 0.562. The average molecular weight is 353 g/mol. The molecule has 0 aliphatic rings. The highest BCUT2D eigenvalue weighted by Crippen LogP contribution is 2.34. The van der Waals surface area contributed by atoms with Crippen molar-refractivity contribution in [1.82, 2.24) is 0 Å². The fourth-order valence-corrected chi connectivity index (χ4v) is 3.23. The molecule has 20 heavy (non-hydrogen) atoms. The van der Waals surface area contributed by atoms with E-state index in [9.17, 15) is 0 Å². The van der Waals surface area contributed by atoms with Crippen molar-refractivity contribution in [3.05, 3.63) is 59.1 Å². The lowest BCUT2D eigenvalue weighted by Crippen LogP contribution is -2.19. The largest absolute Gasteiger partial charge is 0.341 e. The van der Waals surface area contributed by atoms with Crippen molar-refractivity contribution in [3.63, 3.8) is 0 Å². The van der Waals surface area contributed by atoms with E-state index in [4.69, 9.17) is 11.6 Å². The molecule has 106 valence electrons. The van der Waals surface area contributed by atoms with Crippen LogP contribution in [0.3, 0.4) is 0 Å². The van der Waals surface area contributed by atoms with Crippen LogP contribution < -0.4 is 4.90 Å². The summed E-state index contributed by atoms with van der Waals surface area (Å²) >= 11 is 9.90. The molecule has 0 amide bonds. The zero-order valence-electron chi connectivity index (χ0n) is 11.7. The zero-order valence-corrected chi connectivity index (χ0v) is 14.0. The molecular weight excluding hydrogens is 334 g/mol. The van der Waals surface area contributed by atoms with Crippen molar-refractivity contribution in [1.29, 1.82) is 0 Å². The molecule has 3 heteroatoms. The Balaban J connectivity index is 2.44. The molecule has 2 rings (SSSR count). The van der Waals surface area contributed by atoms with Gasteiger partial charge >= 0.3 is 0 Å². The molecule has 0 radical (unpaired) electrons. The first kappa shape index (κ1) is 15.4. The lowest BCUT2D eigenvalue weighted by Gasteiger charge is -2.27. The number of halogens is 2. The second kappa shape index (κ2) is 7.70. The Morgan fingerprint density at radius 1 is 1.05 bits per heavy atom. The van der Waals surface area contributed by atoms with E-state index in [-0.39, 0.29) is 0 Å².